The summed E-state index contributed by atoms with van der Waals surface area (Å²) in [7, 11) is -3.64. The van der Waals surface area contributed by atoms with E-state index in [4.69, 9.17) is 4.74 Å². The van der Waals surface area contributed by atoms with Crippen molar-refractivity contribution in [1.29, 1.82) is 0 Å². The van der Waals surface area contributed by atoms with Crippen molar-refractivity contribution >= 4 is 21.9 Å². The number of carboxylic acids is 1. The molecule has 0 spiro atoms. The Morgan fingerprint density at radius 3 is 2.27 bits per heavy atom. The highest BCUT2D eigenvalue weighted by Gasteiger charge is 2.41. The van der Waals surface area contributed by atoms with Crippen molar-refractivity contribution in [2.75, 3.05) is 19.8 Å². The molecule has 1 aliphatic rings. The number of rotatable bonds is 7. The Balaban J connectivity index is 2.12. The van der Waals surface area contributed by atoms with E-state index in [2.05, 4.69) is 10.0 Å². The molecule has 0 aromatic heterocycles. The molecule has 8 nitrogen and oxygen atoms in total. The second-order valence-electron chi connectivity index (χ2n) is 6.72. The third kappa shape index (κ3) is 4.80. The zero-order valence-electron chi connectivity index (χ0n) is 14.8. The first kappa shape index (κ1) is 20.3. The van der Waals surface area contributed by atoms with E-state index < -0.39 is 27.4 Å². The van der Waals surface area contributed by atoms with Crippen molar-refractivity contribution < 1.29 is 27.9 Å². The van der Waals surface area contributed by atoms with Crippen molar-refractivity contribution in [2.45, 2.75) is 37.1 Å². The maximum Gasteiger partial charge on any atom is 0.329 e. The summed E-state index contributed by atoms with van der Waals surface area (Å²) >= 11 is 0. The summed E-state index contributed by atoms with van der Waals surface area (Å²) in [6.45, 7) is 4.61. The normalized spacial score (nSPS) is 17.0. The van der Waals surface area contributed by atoms with Crippen LogP contribution in [0.2, 0.25) is 0 Å². The van der Waals surface area contributed by atoms with Gasteiger partial charge in [-0.15, -0.1) is 0 Å². The Kier molecular flexibility index (Phi) is 6.38. The molecule has 1 aromatic carbocycles. The standard InChI is InChI=1S/C17H24N2O6S/c1-12(2)11-18-26(23,24)14-5-3-13(4-6-14)15(20)19-17(16(21)22)7-9-25-10-8-17/h3-6,12,18H,7-11H2,1-2H3,(H,19,20)(H,21,22). The number of ether oxygens (including phenoxy) is 1. The van der Waals surface area contributed by atoms with E-state index in [1.54, 1.807) is 0 Å². The SMILES string of the molecule is CC(C)CNS(=O)(=O)c1ccc(C(=O)NC2(C(=O)O)CCOCC2)cc1. The van der Waals surface area contributed by atoms with Gasteiger partial charge in [-0.2, -0.15) is 0 Å². The zero-order valence-corrected chi connectivity index (χ0v) is 15.6. The van der Waals surface area contributed by atoms with Crippen LogP contribution in [0.1, 0.15) is 37.0 Å². The number of nitrogens with one attached hydrogen (secondary N) is 2. The van der Waals surface area contributed by atoms with Crippen LogP contribution in [0, 0.1) is 5.92 Å². The number of benzene rings is 1. The van der Waals surface area contributed by atoms with E-state index in [1.807, 2.05) is 13.8 Å². The average molecular weight is 384 g/mol. The minimum absolute atomic E-state index is 0.0497. The van der Waals surface area contributed by atoms with Crippen LogP contribution in [0.15, 0.2) is 29.2 Å². The maximum atomic E-state index is 12.4. The summed E-state index contributed by atoms with van der Waals surface area (Å²) < 4.78 is 32.0. The van der Waals surface area contributed by atoms with E-state index in [9.17, 15) is 23.1 Å². The number of carboxylic acid groups (broad SMARTS) is 1. The molecule has 1 amide bonds. The van der Waals surface area contributed by atoms with E-state index >= 15 is 0 Å². The van der Waals surface area contributed by atoms with Crippen molar-refractivity contribution in [3.05, 3.63) is 29.8 Å². The van der Waals surface area contributed by atoms with Gasteiger partial charge in [0, 0.05) is 38.2 Å². The van der Waals surface area contributed by atoms with Gasteiger partial charge >= 0.3 is 5.97 Å². The molecule has 0 radical (unpaired) electrons. The molecule has 1 fully saturated rings. The van der Waals surface area contributed by atoms with Gasteiger partial charge in [-0.1, -0.05) is 13.8 Å². The summed E-state index contributed by atoms with van der Waals surface area (Å²) in [4.78, 5) is 24.1. The number of carbonyl (C=O) groups is 2. The lowest BCUT2D eigenvalue weighted by molar-refractivity contribution is -0.148. The van der Waals surface area contributed by atoms with Gasteiger partial charge in [-0.25, -0.2) is 17.9 Å². The van der Waals surface area contributed by atoms with Gasteiger partial charge in [0.1, 0.15) is 5.54 Å². The molecule has 1 aromatic rings. The van der Waals surface area contributed by atoms with Gasteiger partial charge in [0.2, 0.25) is 10.0 Å². The van der Waals surface area contributed by atoms with Crippen LogP contribution in [0.3, 0.4) is 0 Å². The summed E-state index contributed by atoms with van der Waals surface area (Å²) in [6.07, 6.45) is 0.360. The molecule has 1 aliphatic heterocycles. The lowest BCUT2D eigenvalue weighted by Crippen LogP contribution is -2.57. The van der Waals surface area contributed by atoms with E-state index in [-0.39, 0.29) is 42.4 Å². The predicted octanol–water partition coefficient (Wildman–Crippen LogP) is 0.984. The number of aliphatic carboxylic acids is 1. The predicted molar refractivity (Wildman–Crippen MR) is 94.4 cm³/mol. The highest BCUT2D eigenvalue weighted by molar-refractivity contribution is 7.89. The summed E-state index contributed by atoms with van der Waals surface area (Å²) in [5.74, 6) is -1.50. The molecular formula is C17H24N2O6S. The smallest absolute Gasteiger partial charge is 0.329 e. The number of carbonyl (C=O) groups excluding carboxylic acids is 1. The van der Waals surface area contributed by atoms with Crippen molar-refractivity contribution in [3.63, 3.8) is 0 Å². The molecule has 1 heterocycles. The summed E-state index contributed by atoms with van der Waals surface area (Å²) in [5.41, 5.74) is -1.17. The van der Waals surface area contributed by atoms with Crippen LogP contribution >= 0.6 is 0 Å². The Morgan fingerprint density at radius 1 is 1.19 bits per heavy atom. The quantitative estimate of drug-likeness (QED) is 0.644. The van der Waals surface area contributed by atoms with Crippen LogP contribution < -0.4 is 10.0 Å². The largest absolute Gasteiger partial charge is 0.480 e. The van der Waals surface area contributed by atoms with Crippen LogP contribution in [0.25, 0.3) is 0 Å². The fourth-order valence-electron chi connectivity index (χ4n) is 2.55. The zero-order chi connectivity index (χ0) is 19.4. The Morgan fingerprint density at radius 2 is 1.77 bits per heavy atom. The monoisotopic (exact) mass is 384 g/mol. The van der Waals surface area contributed by atoms with Gasteiger partial charge in [-0.3, -0.25) is 4.79 Å². The van der Waals surface area contributed by atoms with Crippen molar-refractivity contribution in [3.8, 4) is 0 Å². The molecule has 2 rings (SSSR count). The summed E-state index contributed by atoms with van der Waals surface area (Å²) in [5, 5.41) is 12.0. The van der Waals surface area contributed by atoms with Crippen LogP contribution in [-0.4, -0.2) is 50.7 Å². The highest BCUT2D eigenvalue weighted by atomic mass is 32.2. The Hall–Kier alpha value is -1.97. The minimum atomic E-state index is -3.64. The lowest BCUT2D eigenvalue weighted by Gasteiger charge is -2.33. The topological polar surface area (TPSA) is 122 Å². The number of amides is 1. The van der Waals surface area contributed by atoms with Gasteiger partial charge in [0.25, 0.3) is 5.91 Å². The molecule has 0 bridgehead atoms. The van der Waals surface area contributed by atoms with Gasteiger partial charge in [0.15, 0.2) is 0 Å². The number of sulfonamides is 1. The Labute approximate surface area is 153 Å². The van der Waals surface area contributed by atoms with E-state index in [0.29, 0.717) is 6.54 Å². The number of hydrogen-bond donors (Lipinski definition) is 3. The molecule has 26 heavy (non-hydrogen) atoms. The molecule has 0 atom stereocenters. The van der Waals surface area contributed by atoms with Gasteiger partial charge in [0.05, 0.1) is 4.90 Å². The summed E-state index contributed by atoms with van der Waals surface area (Å²) in [6, 6.07) is 5.40. The maximum absolute atomic E-state index is 12.4. The Bertz CT molecular complexity index is 752. The minimum Gasteiger partial charge on any atom is -0.480 e. The molecule has 9 heteroatoms. The van der Waals surface area contributed by atoms with E-state index in [0.717, 1.165) is 0 Å². The first-order chi connectivity index (χ1) is 12.2. The molecule has 3 N–H and O–H groups in total. The molecule has 1 saturated heterocycles. The second kappa shape index (κ2) is 8.15. The van der Waals surface area contributed by atoms with Crippen LogP contribution in [-0.2, 0) is 19.6 Å². The molecular weight excluding hydrogens is 360 g/mol. The number of hydrogen-bond acceptors (Lipinski definition) is 5. The second-order valence-corrected chi connectivity index (χ2v) is 8.49. The fourth-order valence-corrected chi connectivity index (χ4v) is 3.76. The van der Waals surface area contributed by atoms with Gasteiger partial charge in [-0.05, 0) is 30.2 Å². The molecule has 0 aliphatic carbocycles. The molecule has 0 unspecified atom stereocenters. The van der Waals surface area contributed by atoms with Crippen molar-refractivity contribution in [1.82, 2.24) is 10.0 Å². The third-order valence-electron chi connectivity index (χ3n) is 4.22. The van der Waals surface area contributed by atoms with Gasteiger partial charge < -0.3 is 15.2 Å². The van der Waals surface area contributed by atoms with Crippen LogP contribution in [0.5, 0.6) is 0 Å². The first-order valence-corrected chi connectivity index (χ1v) is 9.88. The highest BCUT2D eigenvalue weighted by Crippen LogP contribution is 2.22. The van der Waals surface area contributed by atoms with Crippen LogP contribution in [0.4, 0.5) is 0 Å². The third-order valence-corrected chi connectivity index (χ3v) is 5.66. The lowest BCUT2D eigenvalue weighted by atomic mass is 9.89. The first-order valence-electron chi connectivity index (χ1n) is 8.40. The van der Waals surface area contributed by atoms with Crippen molar-refractivity contribution in [2.24, 2.45) is 5.92 Å². The van der Waals surface area contributed by atoms with E-state index in [1.165, 1.54) is 24.3 Å². The molecule has 0 saturated carbocycles. The average Bonchev–Trinajstić information content (AvgIpc) is 2.61. The fraction of sp³-hybridized carbons (Fsp3) is 0.529. The molecule has 144 valence electrons.